The summed E-state index contributed by atoms with van der Waals surface area (Å²) in [5.41, 5.74) is 1.26. The SMILES string of the molecule is CCNC(=O)COc1cccc(NC(=O)Cc2ccc(S(=O)(=O)N3CCCCC3)cc2)c1. The van der Waals surface area contributed by atoms with Gasteiger partial charge in [-0.2, -0.15) is 4.31 Å². The third-order valence-electron chi connectivity index (χ3n) is 5.10. The number of benzene rings is 2. The predicted octanol–water partition coefficient (Wildman–Crippen LogP) is 2.56. The van der Waals surface area contributed by atoms with Crippen LogP contribution in [0.4, 0.5) is 5.69 Å². The molecule has 2 amide bonds. The molecule has 2 N–H and O–H groups in total. The molecule has 172 valence electrons. The van der Waals surface area contributed by atoms with Crippen LogP contribution in [0.3, 0.4) is 0 Å². The summed E-state index contributed by atoms with van der Waals surface area (Å²) in [6.07, 6.45) is 2.93. The Balaban J connectivity index is 1.56. The molecule has 2 aromatic carbocycles. The Morgan fingerprint density at radius 1 is 1.00 bits per heavy atom. The maximum atomic E-state index is 12.7. The number of carbonyl (C=O) groups is 2. The zero-order chi connectivity index (χ0) is 23.0. The summed E-state index contributed by atoms with van der Waals surface area (Å²) in [6, 6.07) is 13.3. The first-order valence-electron chi connectivity index (χ1n) is 10.8. The number of nitrogens with one attached hydrogen (secondary N) is 2. The molecule has 0 unspecified atom stereocenters. The first kappa shape index (κ1) is 23.7. The van der Waals surface area contributed by atoms with Crippen LogP contribution in [0.25, 0.3) is 0 Å². The Kier molecular flexibility index (Phi) is 8.24. The summed E-state index contributed by atoms with van der Waals surface area (Å²) in [6.45, 7) is 3.37. The van der Waals surface area contributed by atoms with E-state index in [-0.39, 0.29) is 29.7 Å². The standard InChI is InChI=1S/C23H29N3O5S/c1-2-24-23(28)17-31-20-8-6-7-19(16-20)25-22(27)15-18-9-11-21(12-10-18)32(29,30)26-13-4-3-5-14-26/h6-12,16H,2-5,13-15,17H2,1H3,(H,24,28)(H,25,27). The van der Waals surface area contributed by atoms with E-state index in [1.54, 1.807) is 48.5 Å². The van der Waals surface area contributed by atoms with Crippen molar-refractivity contribution in [3.63, 3.8) is 0 Å². The smallest absolute Gasteiger partial charge is 0.257 e. The average Bonchev–Trinajstić information content (AvgIpc) is 2.79. The molecule has 1 saturated heterocycles. The number of sulfonamides is 1. The minimum absolute atomic E-state index is 0.0993. The van der Waals surface area contributed by atoms with Gasteiger partial charge in [-0.1, -0.05) is 24.6 Å². The highest BCUT2D eigenvalue weighted by Gasteiger charge is 2.25. The molecule has 0 radical (unpaired) electrons. The normalized spacial score (nSPS) is 14.5. The van der Waals surface area contributed by atoms with E-state index < -0.39 is 10.0 Å². The van der Waals surface area contributed by atoms with E-state index in [1.807, 2.05) is 6.92 Å². The summed E-state index contributed by atoms with van der Waals surface area (Å²) in [7, 11) is -3.49. The molecule has 1 aliphatic rings. The first-order chi connectivity index (χ1) is 15.4. The van der Waals surface area contributed by atoms with Crippen molar-refractivity contribution in [3.8, 4) is 5.75 Å². The van der Waals surface area contributed by atoms with E-state index in [0.29, 0.717) is 36.6 Å². The van der Waals surface area contributed by atoms with Crippen molar-refractivity contribution in [2.75, 3.05) is 31.6 Å². The zero-order valence-corrected chi connectivity index (χ0v) is 19.0. The van der Waals surface area contributed by atoms with Crippen LogP contribution >= 0.6 is 0 Å². The molecule has 1 heterocycles. The van der Waals surface area contributed by atoms with E-state index in [0.717, 1.165) is 19.3 Å². The van der Waals surface area contributed by atoms with Crippen LogP contribution in [-0.4, -0.2) is 50.8 Å². The molecule has 8 nitrogen and oxygen atoms in total. The lowest BCUT2D eigenvalue weighted by Crippen LogP contribution is -2.35. The van der Waals surface area contributed by atoms with Gasteiger partial charge in [0.15, 0.2) is 6.61 Å². The van der Waals surface area contributed by atoms with E-state index >= 15 is 0 Å². The number of rotatable bonds is 9. The number of anilines is 1. The summed E-state index contributed by atoms with van der Waals surface area (Å²) in [4.78, 5) is 24.2. The van der Waals surface area contributed by atoms with Gasteiger partial charge < -0.3 is 15.4 Å². The second-order valence-corrected chi connectivity index (χ2v) is 9.54. The molecule has 2 aromatic rings. The maximum absolute atomic E-state index is 12.7. The molecular formula is C23H29N3O5S. The van der Waals surface area contributed by atoms with Crippen molar-refractivity contribution < 1.29 is 22.7 Å². The number of carbonyl (C=O) groups excluding carboxylic acids is 2. The Bertz CT molecular complexity index is 1030. The topological polar surface area (TPSA) is 105 Å². The summed E-state index contributed by atoms with van der Waals surface area (Å²) < 4.78 is 32.4. The van der Waals surface area contributed by atoms with Crippen molar-refractivity contribution in [2.45, 2.75) is 37.5 Å². The van der Waals surface area contributed by atoms with Gasteiger partial charge in [-0.15, -0.1) is 0 Å². The van der Waals surface area contributed by atoms with Crippen molar-refractivity contribution in [1.82, 2.24) is 9.62 Å². The van der Waals surface area contributed by atoms with Gasteiger partial charge >= 0.3 is 0 Å². The highest BCUT2D eigenvalue weighted by atomic mass is 32.2. The molecule has 0 saturated carbocycles. The third-order valence-corrected chi connectivity index (χ3v) is 7.02. The predicted molar refractivity (Wildman–Crippen MR) is 122 cm³/mol. The second-order valence-electron chi connectivity index (χ2n) is 7.60. The number of ether oxygens (including phenoxy) is 1. The fraction of sp³-hybridized carbons (Fsp3) is 0.391. The van der Waals surface area contributed by atoms with Crippen molar-refractivity contribution in [2.24, 2.45) is 0 Å². The van der Waals surface area contributed by atoms with Crippen molar-refractivity contribution in [3.05, 3.63) is 54.1 Å². The minimum Gasteiger partial charge on any atom is -0.484 e. The van der Waals surface area contributed by atoms with Crippen LogP contribution in [0, 0.1) is 0 Å². The van der Waals surface area contributed by atoms with Gasteiger partial charge in [-0.05, 0) is 49.6 Å². The maximum Gasteiger partial charge on any atom is 0.257 e. The lowest BCUT2D eigenvalue weighted by Gasteiger charge is -2.25. The molecule has 1 aliphatic heterocycles. The minimum atomic E-state index is -3.49. The van der Waals surface area contributed by atoms with Crippen LogP contribution in [0.1, 0.15) is 31.7 Å². The summed E-state index contributed by atoms with van der Waals surface area (Å²) >= 11 is 0. The largest absolute Gasteiger partial charge is 0.484 e. The monoisotopic (exact) mass is 459 g/mol. The Morgan fingerprint density at radius 3 is 2.41 bits per heavy atom. The summed E-state index contributed by atoms with van der Waals surface area (Å²) in [5, 5.41) is 5.44. The lowest BCUT2D eigenvalue weighted by molar-refractivity contribution is -0.123. The quantitative estimate of drug-likeness (QED) is 0.600. The van der Waals surface area contributed by atoms with E-state index in [2.05, 4.69) is 10.6 Å². The highest BCUT2D eigenvalue weighted by Crippen LogP contribution is 2.21. The number of hydrogen-bond acceptors (Lipinski definition) is 5. The van der Waals surface area contributed by atoms with Crippen LogP contribution < -0.4 is 15.4 Å². The molecule has 0 aliphatic carbocycles. The fourth-order valence-electron chi connectivity index (χ4n) is 3.48. The van der Waals surface area contributed by atoms with E-state index in [9.17, 15) is 18.0 Å². The Hall–Kier alpha value is -2.91. The molecule has 3 rings (SSSR count). The van der Waals surface area contributed by atoms with E-state index in [1.165, 1.54) is 4.31 Å². The Labute approximate surface area is 189 Å². The van der Waals surface area contributed by atoms with Crippen LogP contribution in [0.2, 0.25) is 0 Å². The molecule has 0 bridgehead atoms. The van der Waals surface area contributed by atoms with Crippen molar-refractivity contribution in [1.29, 1.82) is 0 Å². The van der Waals surface area contributed by atoms with Gasteiger partial charge in [0.25, 0.3) is 5.91 Å². The number of likely N-dealkylation sites (N-methyl/N-ethyl adjacent to an activating group) is 1. The molecule has 0 atom stereocenters. The molecule has 32 heavy (non-hydrogen) atoms. The number of hydrogen-bond donors (Lipinski definition) is 2. The van der Waals surface area contributed by atoms with Gasteiger partial charge in [0.05, 0.1) is 11.3 Å². The van der Waals surface area contributed by atoms with Crippen molar-refractivity contribution >= 4 is 27.5 Å². The highest BCUT2D eigenvalue weighted by molar-refractivity contribution is 7.89. The molecular weight excluding hydrogens is 430 g/mol. The van der Waals surface area contributed by atoms with Crippen LogP contribution in [-0.2, 0) is 26.0 Å². The number of nitrogens with zero attached hydrogens (tertiary/aromatic N) is 1. The molecule has 9 heteroatoms. The molecule has 0 spiro atoms. The van der Waals surface area contributed by atoms with E-state index in [4.69, 9.17) is 4.74 Å². The first-order valence-corrected chi connectivity index (χ1v) is 12.2. The average molecular weight is 460 g/mol. The van der Waals surface area contributed by atoms with Crippen LogP contribution in [0.5, 0.6) is 5.75 Å². The Morgan fingerprint density at radius 2 is 1.72 bits per heavy atom. The van der Waals surface area contributed by atoms with Gasteiger partial charge in [-0.3, -0.25) is 9.59 Å². The van der Waals surface area contributed by atoms with Gasteiger partial charge in [0.2, 0.25) is 15.9 Å². The fourth-order valence-corrected chi connectivity index (χ4v) is 5.00. The van der Waals surface area contributed by atoms with Gasteiger partial charge in [0, 0.05) is 31.4 Å². The van der Waals surface area contributed by atoms with Gasteiger partial charge in [-0.25, -0.2) is 8.42 Å². The summed E-state index contributed by atoms with van der Waals surface area (Å²) in [5.74, 6) is 0.0199. The second kappa shape index (κ2) is 11.1. The van der Waals surface area contributed by atoms with Gasteiger partial charge in [0.1, 0.15) is 5.75 Å². The zero-order valence-electron chi connectivity index (χ0n) is 18.2. The number of piperidine rings is 1. The lowest BCUT2D eigenvalue weighted by atomic mass is 10.1. The number of amides is 2. The molecule has 0 aromatic heterocycles. The third kappa shape index (κ3) is 6.54. The van der Waals surface area contributed by atoms with Crippen LogP contribution in [0.15, 0.2) is 53.4 Å². The molecule has 1 fully saturated rings.